The number of hydrogen-bond donors (Lipinski definition) is 2. The lowest BCUT2D eigenvalue weighted by atomic mass is 10.2. The number of fused-ring (bicyclic) bond motifs is 1. The number of amides is 1. The van der Waals surface area contributed by atoms with Crippen molar-refractivity contribution < 1.29 is 14.3 Å². The lowest BCUT2D eigenvalue weighted by Crippen LogP contribution is -2.23. The van der Waals surface area contributed by atoms with E-state index in [1.54, 1.807) is 12.1 Å². The Morgan fingerprint density at radius 3 is 2.63 bits per heavy atom. The molecule has 2 aromatic carbocycles. The van der Waals surface area contributed by atoms with Gasteiger partial charge in [-0.25, -0.2) is 9.48 Å². The number of carbonyl (C=O) groups is 2. The third-order valence-corrected chi connectivity index (χ3v) is 5.15. The number of nitriles is 1. The summed E-state index contributed by atoms with van der Waals surface area (Å²) < 4.78 is 7.15. The van der Waals surface area contributed by atoms with Crippen LogP contribution in [0, 0.1) is 11.3 Å². The smallest absolute Gasteiger partial charge is 0.356 e. The molecule has 0 unspecified atom stereocenters. The van der Waals surface area contributed by atoms with E-state index in [4.69, 9.17) is 4.74 Å². The van der Waals surface area contributed by atoms with E-state index in [0.29, 0.717) is 10.2 Å². The molecule has 2 heterocycles. The highest BCUT2D eigenvalue weighted by Gasteiger charge is 2.20. The molecule has 0 radical (unpaired) electrons. The van der Waals surface area contributed by atoms with Gasteiger partial charge in [-0.05, 0) is 34.1 Å². The number of rotatable bonds is 5. The highest BCUT2D eigenvalue weighted by atomic mass is 79.9. The van der Waals surface area contributed by atoms with Gasteiger partial charge in [0.2, 0.25) is 0 Å². The molecule has 0 spiro atoms. The predicted octanol–water partition coefficient (Wildman–Crippen LogP) is 3.78. The third kappa shape index (κ3) is 3.68. The summed E-state index contributed by atoms with van der Waals surface area (Å²) in [6.07, 6.45) is 1.36. The molecule has 0 bridgehead atoms. The second-order valence-electron chi connectivity index (χ2n) is 6.25. The molecule has 2 N–H and O–H groups in total. The molecule has 0 aliphatic heterocycles. The van der Waals surface area contributed by atoms with Gasteiger partial charge < -0.3 is 15.0 Å². The fourth-order valence-electron chi connectivity index (χ4n) is 2.94. The predicted molar refractivity (Wildman–Crippen MR) is 113 cm³/mol. The van der Waals surface area contributed by atoms with Crippen LogP contribution in [-0.2, 0) is 9.53 Å². The van der Waals surface area contributed by atoms with Crippen LogP contribution in [0.3, 0.4) is 0 Å². The summed E-state index contributed by atoms with van der Waals surface area (Å²) in [7, 11) is 0. The summed E-state index contributed by atoms with van der Waals surface area (Å²) in [6, 6.07) is 18.4. The van der Waals surface area contributed by atoms with Crippen molar-refractivity contribution in [3.8, 4) is 11.8 Å². The monoisotopic (exact) mass is 463 g/mol. The third-order valence-electron chi connectivity index (χ3n) is 4.33. The molecule has 2 aromatic heterocycles. The zero-order valence-corrected chi connectivity index (χ0v) is 17.0. The highest BCUT2D eigenvalue weighted by Crippen LogP contribution is 2.28. The molecule has 1 amide bonds. The molecule has 0 aliphatic carbocycles. The van der Waals surface area contributed by atoms with E-state index >= 15 is 0 Å². The van der Waals surface area contributed by atoms with Gasteiger partial charge in [0, 0.05) is 10.9 Å². The molecule has 8 nitrogen and oxygen atoms in total. The van der Waals surface area contributed by atoms with Crippen LogP contribution in [-0.4, -0.2) is 33.2 Å². The van der Waals surface area contributed by atoms with Gasteiger partial charge >= 0.3 is 5.97 Å². The van der Waals surface area contributed by atoms with E-state index in [0.717, 1.165) is 10.9 Å². The lowest BCUT2D eigenvalue weighted by molar-refractivity contribution is -0.119. The Morgan fingerprint density at radius 2 is 1.90 bits per heavy atom. The molecule has 0 saturated heterocycles. The van der Waals surface area contributed by atoms with Crippen molar-refractivity contribution in [3.63, 3.8) is 0 Å². The summed E-state index contributed by atoms with van der Waals surface area (Å²) in [4.78, 5) is 27.8. The minimum Gasteiger partial charge on any atom is -0.451 e. The molecular weight excluding hydrogens is 450 g/mol. The average molecular weight is 464 g/mol. The second kappa shape index (κ2) is 8.23. The number of H-pyrrole nitrogens is 1. The Kier molecular flexibility index (Phi) is 5.32. The van der Waals surface area contributed by atoms with Crippen molar-refractivity contribution in [1.82, 2.24) is 14.8 Å². The lowest BCUT2D eigenvalue weighted by Gasteiger charge is -2.10. The topological polar surface area (TPSA) is 113 Å². The standard InChI is InChI=1S/C21H14BrN5O3/c22-18-15-8-4-5-9-16(15)25-19(18)21(29)30-12-17(28)26-20-13(10-23)11-24-27(20)14-6-2-1-3-7-14/h1-9,11,25H,12H2,(H,26,28). The van der Waals surface area contributed by atoms with Crippen LogP contribution in [0.2, 0.25) is 0 Å². The van der Waals surface area contributed by atoms with Crippen molar-refractivity contribution in [2.75, 3.05) is 11.9 Å². The number of esters is 1. The zero-order valence-electron chi connectivity index (χ0n) is 15.4. The number of carbonyl (C=O) groups excluding carboxylic acids is 2. The molecular formula is C21H14BrN5O3. The van der Waals surface area contributed by atoms with Crippen LogP contribution < -0.4 is 5.32 Å². The maximum Gasteiger partial charge on any atom is 0.356 e. The number of ether oxygens (including phenoxy) is 1. The van der Waals surface area contributed by atoms with Gasteiger partial charge in [-0.15, -0.1) is 0 Å². The van der Waals surface area contributed by atoms with E-state index in [1.807, 2.05) is 48.5 Å². The zero-order chi connectivity index (χ0) is 21.1. The number of benzene rings is 2. The fourth-order valence-corrected chi connectivity index (χ4v) is 3.54. The number of para-hydroxylation sites is 2. The van der Waals surface area contributed by atoms with E-state index < -0.39 is 18.5 Å². The fraction of sp³-hybridized carbons (Fsp3) is 0.0476. The number of nitrogens with one attached hydrogen (secondary N) is 2. The largest absolute Gasteiger partial charge is 0.451 e. The Morgan fingerprint density at radius 1 is 1.17 bits per heavy atom. The number of aromatic nitrogens is 3. The van der Waals surface area contributed by atoms with Crippen molar-refractivity contribution >= 4 is 44.5 Å². The molecule has 30 heavy (non-hydrogen) atoms. The van der Waals surface area contributed by atoms with Crippen LogP contribution >= 0.6 is 15.9 Å². The van der Waals surface area contributed by atoms with E-state index in [2.05, 4.69) is 31.3 Å². The minimum atomic E-state index is -0.676. The summed E-state index contributed by atoms with van der Waals surface area (Å²) in [6.45, 7) is -0.522. The Bertz CT molecular complexity index is 1290. The molecule has 148 valence electrons. The normalized spacial score (nSPS) is 10.5. The first-order valence-corrected chi connectivity index (χ1v) is 9.64. The average Bonchev–Trinajstić information content (AvgIpc) is 3.33. The molecule has 0 fully saturated rings. The number of hydrogen-bond acceptors (Lipinski definition) is 5. The maximum absolute atomic E-state index is 12.4. The number of halogens is 1. The summed E-state index contributed by atoms with van der Waals surface area (Å²) in [5.74, 6) is -1.06. The van der Waals surface area contributed by atoms with Gasteiger partial charge in [0.15, 0.2) is 12.4 Å². The Hall–Kier alpha value is -3.90. The Labute approximate surface area is 179 Å². The van der Waals surface area contributed by atoms with Crippen LogP contribution in [0.5, 0.6) is 0 Å². The van der Waals surface area contributed by atoms with Gasteiger partial charge in [-0.2, -0.15) is 10.4 Å². The van der Waals surface area contributed by atoms with Crippen molar-refractivity contribution in [1.29, 1.82) is 5.26 Å². The van der Waals surface area contributed by atoms with Crippen molar-refractivity contribution in [2.24, 2.45) is 0 Å². The first-order chi connectivity index (χ1) is 14.6. The first kappa shape index (κ1) is 19.4. The maximum atomic E-state index is 12.4. The van der Waals surface area contributed by atoms with Crippen LogP contribution in [0.1, 0.15) is 16.1 Å². The quantitative estimate of drug-likeness (QED) is 0.437. The summed E-state index contributed by atoms with van der Waals surface area (Å²) >= 11 is 3.38. The van der Waals surface area contributed by atoms with Gasteiger partial charge in [-0.1, -0.05) is 36.4 Å². The highest BCUT2D eigenvalue weighted by molar-refractivity contribution is 9.10. The number of nitrogens with zero attached hydrogens (tertiary/aromatic N) is 3. The number of aromatic amines is 1. The van der Waals surface area contributed by atoms with Gasteiger partial charge in [0.25, 0.3) is 5.91 Å². The summed E-state index contributed by atoms with van der Waals surface area (Å²) in [5.41, 5.74) is 1.85. The summed E-state index contributed by atoms with van der Waals surface area (Å²) in [5, 5.41) is 16.9. The SMILES string of the molecule is N#Cc1cnn(-c2ccccc2)c1NC(=O)COC(=O)c1[nH]c2ccccc2c1Br. The molecule has 9 heteroatoms. The molecule has 0 saturated carbocycles. The van der Waals surface area contributed by atoms with E-state index in [9.17, 15) is 14.9 Å². The second-order valence-corrected chi connectivity index (χ2v) is 7.04. The molecule has 4 aromatic rings. The van der Waals surface area contributed by atoms with E-state index in [1.165, 1.54) is 10.9 Å². The Balaban J connectivity index is 1.48. The van der Waals surface area contributed by atoms with Crippen LogP contribution in [0.25, 0.3) is 16.6 Å². The van der Waals surface area contributed by atoms with Gasteiger partial charge in [0.1, 0.15) is 17.3 Å². The minimum absolute atomic E-state index is 0.192. The van der Waals surface area contributed by atoms with E-state index in [-0.39, 0.29) is 17.1 Å². The number of anilines is 1. The van der Waals surface area contributed by atoms with Crippen LogP contribution in [0.4, 0.5) is 5.82 Å². The van der Waals surface area contributed by atoms with Crippen molar-refractivity contribution in [2.45, 2.75) is 0 Å². The van der Waals surface area contributed by atoms with Gasteiger partial charge in [-0.3, -0.25) is 4.79 Å². The first-order valence-electron chi connectivity index (χ1n) is 8.85. The molecule has 4 rings (SSSR count). The molecule has 0 atom stereocenters. The molecule has 0 aliphatic rings. The van der Waals surface area contributed by atoms with Crippen LogP contribution in [0.15, 0.2) is 65.3 Å². The van der Waals surface area contributed by atoms with Gasteiger partial charge in [0.05, 0.1) is 16.4 Å². The van der Waals surface area contributed by atoms with Crippen molar-refractivity contribution in [3.05, 3.63) is 76.5 Å².